The molecule has 1 aromatic heterocycles. The predicted molar refractivity (Wildman–Crippen MR) is 232 cm³/mol. The number of hydrogen-bond donors (Lipinski definition) is 3. The van der Waals surface area contributed by atoms with Crippen molar-refractivity contribution in [1.82, 2.24) is 19.3 Å². The van der Waals surface area contributed by atoms with E-state index in [1.54, 1.807) is 27.5 Å². The Labute approximate surface area is 347 Å². The number of ether oxygens (including phenoxy) is 2. The third-order valence-electron chi connectivity index (χ3n) is 10.9. The molecule has 0 bridgehead atoms. The highest BCUT2D eigenvalue weighted by molar-refractivity contribution is 6.21. The Hall–Kier alpha value is -5.95. The minimum Gasteiger partial charge on any atom is -0.497 e. The van der Waals surface area contributed by atoms with Gasteiger partial charge in [-0.15, -0.1) is 4.59 Å². The summed E-state index contributed by atoms with van der Waals surface area (Å²) in [6, 6.07) is 23.0. The summed E-state index contributed by atoms with van der Waals surface area (Å²) in [5.74, 6) is 0.252. The number of rotatable bonds is 15. The molecular formula is C46H59N6O7+. The Kier molecular flexibility index (Phi) is 14.7. The standard InChI is InChI=1S/C31H40N4O4.C15H18N2O3/c1-21(2)29-27(20-35(33-29)25-11-8-12-26(19-25)39-4)30(22-9-6-5-7-10-22)32-24-15-13-23(14-16-24)31(38)34(3)18-17-28(36)37;1-10(2)14-13(15(18)19)9-17(3,16-14)11-6-5-7-12(8-11)20-4/h8,11-16,19-22,30,32H,5-7,9-10,17-18H2,1-4H3,(H,36,37);5-10H,1-4H3/p+1. The number of carbonyl (C=O) groups excluding carboxylic acids is 1. The smallest absolute Gasteiger partial charge is 0.343 e. The van der Waals surface area contributed by atoms with E-state index < -0.39 is 11.9 Å². The lowest BCUT2D eigenvalue weighted by atomic mass is 9.80. The van der Waals surface area contributed by atoms with Gasteiger partial charge in [0.05, 0.1) is 38.1 Å². The highest BCUT2D eigenvalue weighted by Crippen LogP contribution is 2.40. The van der Waals surface area contributed by atoms with Crippen molar-refractivity contribution in [3.8, 4) is 17.2 Å². The van der Waals surface area contributed by atoms with Crippen LogP contribution in [0.5, 0.6) is 11.5 Å². The number of benzene rings is 3. The lowest BCUT2D eigenvalue weighted by Crippen LogP contribution is -2.31. The zero-order valence-corrected chi connectivity index (χ0v) is 35.5. The second-order valence-electron chi connectivity index (χ2n) is 16.0. The molecular weight excluding hydrogens is 749 g/mol. The average Bonchev–Trinajstić information content (AvgIpc) is 3.86. The fourth-order valence-corrected chi connectivity index (χ4v) is 7.60. The fourth-order valence-electron chi connectivity index (χ4n) is 7.60. The van der Waals surface area contributed by atoms with Gasteiger partial charge in [-0.2, -0.15) is 5.10 Å². The summed E-state index contributed by atoms with van der Waals surface area (Å²) in [4.78, 5) is 36.5. The molecule has 13 nitrogen and oxygen atoms in total. The summed E-state index contributed by atoms with van der Waals surface area (Å²) in [5.41, 5.74) is 6.46. The van der Waals surface area contributed by atoms with Crippen LogP contribution in [0.15, 0.2) is 95.9 Å². The van der Waals surface area contributed by atoms with Crippen molar-refractivity contribution in [2.75, 3.05) is 40.2 Å². The van der Waals surface area contributed by atoms with Crippen LogP contribution in [0.3, 0.4) is 0 Å². The molecule has 6 rings (SSSR count). The molecule has 1 aliphatic heterocycles. The van der Waals surface area contributed by atoms with Crippen molar-refractivity contribution in [3.63, 3.8) is 0 Å². The van der Waals surface area contributed by atoms with Gasteiger partial charge < -0.3 is 29.9 Å². The maximum absolute atomic E-state index is 12.8. The molecule has 59 heavy (non-hydrogen) atoms. The van der Waals surface area contributed by atoms with E-state index in [2.05, 4.69) is 30.5 Å². The molecule has 1 amide bonds. The summed E-state index contributed by atoms with van der Waals surface area (Å²) in [7, 11) is 6.75. The van der Waals surface area contributed by atoms with E-state index in [0.717, 1.165) is 47.1 Å². The molecule has 1 aliphatic carbocycles. The van der Waals surface area contributed by atoms with Gasteiger partial charge in [-0.25, -0.2) is 9.48 Å². The van der Waals surface area contributed by atoms with Crippen molar-refractivity contribution in [2.45, 2.75) is 78.2 Å². The van der Waals surface area contributed by atoms with Crippen molar-refractivity contribution in [1.29, 1.82) is 0 Å². The summed E-state index contributed by atoms with van der Waals surface area (Å²) >= 11 is 0. The summed E-state index contributed by atoms with van der Waals surface area (Å²) in [6.45, 7) is 8.42. The molecule has 0 saturated heterocycles. The van der Waals surface area contributed by atoms with Crippen molar-refractivity contribution < 1.29 is 34.1 Å². The number of carboxylic acid groups (broad SMARTS) is 2. The van der Waals surface area contributed by atoms with E-state index in [1.807, 2.05) is 98.4 Å². The Morgan fingerprint density at radius 3 is 2.12 bits per heavy atom. The molecule has 314 valence electrons. The lowest BCUT2D eigenvalue weighted by molar-refractivity contribution is -0.137. The van der Waals surface area contributed by atoms with Gasteiger partial charge >= 0.3 is 11.9 Å². The van der Waals surface area contributed by atoms with Gasteiger partial charge in [-0.3, -0.25) is 9.59 Å². The first-order chi connectivity index (χ1) is 28.1. The monoisotopic (exact) mass is 807 g/mol. The largest absolute Gasteiger partial charge is 0.497 e. The molecule has 1 saturated carbocycles. The Morgan fingerprint density at radius 1 is 0.898 bits per heavy atom. The third-order valence-corrected chi connectivity index (χ3v) is 10.9. The second-order valence-corrected chi connectivity index (χ2v) is 16.0. The van der Waals surface area contributed by atoms with Crippen molar-refractivity contribution >= 4 is 34.9 Å². The molecule has 2 atom stereocenters. The second kappa shape index (κ2) is 19.7. The first kappa shape index (κ1) is 44.2. The van der Waals surface area contributed by atoms with Crippen LogP contribution in [0.25, 0.3) is 5.69 Å². The van der Waals surface area contributed by atoms with E-state index in [4.69, 9.17) is 19.7 Å². The number of carbonyl (C=O) groups is 3. The highest BCUT2D eigenvalue weighted by Gasteiger charge is 2.38. The summed E-state index contributed by atoms with van der Waals surface area (Å²) in [6.07, 6.45) is 9.77. The predicted octanol–water partition coefficient (Wildman–Crippen LogP) is 8.91. The lowest BCUT2D eigenvalue weighted by Gasteiger charge is -2.32. The molecule has 13 heteroatoms. The molecule has 2 heterocycles. The van der Waals surface area contributed by atoms with Crippen LogP contribution in [-0.4, -0.2) is 83.3 Å². The molecule has 4 aromatic rings. The van der Waals surface area contributed by atoms with Crippen LogP contribution in [0.2, 0.25) is 0 Å². The minimum absolute atomic E-state index is 0.0582. The van der Waals surface area contributed by atoms with Crippen LogP contribution in [0.4, 0.5) is 11.4 Å². The number of anilines is 1. The zero-order chi connectivity index (χ0) is 42.9. The molecule has 1 fully saturated rings. The van der Waals surface area contributed by atoms with Crippen LogP contribution < -0.4 is 19.4 Å². The van der Waals surface area contributed by atoms with Gasteiger partial charge in [0, 0.05) is 60.7 Å². The summed E-state index contributed by atoms with van der Waals surface area (Å²) < 4.78 is 12.7. The fraction of sp³-hybridized carbons (Fsp3) is 0.413. The maximum atomic E-state index is 12.8. The van der Waals surface area contributed by atoms with E-state index in [0.29, 0.717) is 17.2 Å². The van der Waals surface area contributed by atoms with E-state index in [9.17, 15) is 19.5 Å². The topological polar surface area (TPSA) is 156 Å². The Morgan fingerprint density at radius 2 is 1.54 bits per heavy atom. The van der Waals surface area contributed by atoms with Crippen LogP contribution >= 0.6 is 0 Å². The van der Waals surface area contributed by atoms with Gasteiger partial charge in [0.25, 0.3) is 5.91 Å². The number of nitrogens with zero attached hydrogens (tertiary/aromatic N) is 5. The van der Waals surface area contributed by atoms with Gasteiger partial charge in [-0.05, 0) is 67.1 Å². The first-order valence-corrected chi connectivity index (χ1v) is 20.3. The van der Waals surface area contributed by atoms with Crippen LogP contribution in [0.1, 0.15) is 99.8 Å². The number of carboxylic acids is 2. The maximum Gasteiger partial charge on any atom is 0.343 e. The Balaban J connectivity index is 0.000000277. The van der Waals surface area contributed by atoms with Gasteiger partial charge in [-0.1, -0.05) is 64.2 Å². The molecule has 3 N–H and O–H groups in total. The molecule has 0 spiro atoms. The number of aromatic nitrogens is 2. The number of amides is 1. The van der Waals surface area contributed by atoms with Crippen molar-refractivity contribution in [2.24, 2.45) is 16.9 Å². The SMILES string of the molecule is COc1cccc(-n2cc(C(Nc3ccc(C(=O)N(C)CCC(=O)O)cc3)C3CCCCC3)c(C(C)C)n2)c1.COc1cccc([N+]2(C)C=C(C(=O)O)C(C(C)C)=N2)c1. The Bertz CT molecular complexity index is 2150. The number of methoxy groups -OCH3 is 2. The number of quaternary nitrogens is 1. The quantitative estimate of drug-likeness (QED) is 0.0999. The summed E-state index contributed by atoms with van der Waals surface area (Å²) in [5, 5.41) is 31.7. The van der Waals surface area contributed by atoms with E-state index in [-0.39, 0.29) is 46.9 Å². The van der Waals surface area contributed by atoms with Gasteiger partial charge in [0.1, 0.15) is 36.0 Å². The van der Waals surface area contributed by atoms with Crippen LogP contribution in [-0.2, 0) is 9.59 Å². The zero-order valence-electron chi connectivity index (χ0n) is 35.5. The molecule has 2 unspecified atom stereocenters. The number of hydrogen-bond acceptors (Lipinski definition) is 8. The normalized spacial score (nSPS) is 17.1. The average molecular weight is 808 g/mol. The molecule has 0 radical (unpaired) electrons. The van der Waals surface area contributed by atoms with E-state index in [1.165, 1.54) is 29.7 Å². The number of nitrogens with one attached hydrogen (secondary N) is 1. The van der Waals surface area contributed by atoms with Crippen molar-refractivity contribution in [3.05, 3.63) is 108 Å². The van der Waals surface area contributed by atoms with Gasteiger partial charge in [0.15, 0.2) is 5.69 Å². The third kappa shape index (κ3) is 11.0. The highest BCUT2D eigenvalue weighted by atomic mass is 16.5. The minimum atomic E-state index is -0.942. The van der Waals surface area contributed by atoms with Crippen LogP contribution in [0, 0.1) is 11.8 Å². The van der Waals surface area contributed by atoms with E-state index >= 15 is 0 Å². The first-order valence-electron chi connectivity index (χ1n) is 20.3. The molecule has 2 aliphatic rings. The van der Waals surface area contributed by atoms with Gasteiger partial charge in [0.2, 0.25) is 0 Å². The molecule has 3 aromatic carbocycles. The number of aliphatic carboxylic acids is 2.